The molecule has 4 aromatic rings. The maximum atomic E-state index is 9.78. The van der Waals surface area contributed by atoms with Crippen molar-refractivity contribution in [3.63, 3.8) is 0 Å². The van der Waals surface area contributed by atoms with E-state index in [1.165, 1.54) is 0 Å². The molecule has 1 aromatic carbocycles. The summed E-state index contributed by atoms with van der Waals surface area (Å²) in [6.07, 6.45) is 1.74. The molecular weight excluding hydrogens is 380 g/mol. The summed E-state index contributed by atoms with van der Waals surface area (Å²) in [5, 5.41) is 15.3. The van der Waals surface area contributed by atoms with Gasteiger partial charge in [-0.15, -0.1) is 0 Å². The monoisotopic (exact) mass is 400 g/mol. The number of nitrogens with two attached hydrogens (primary N) is 1. The van der Waals surface area contributed by atoms with Crippen LogP contribution in [0.3, 0.4) is 0 Å². The molecule has 0 amide bonds. The summed E-state index contributed by atoms with van der Waals surface area (Å²) in [6.45, 7) is 2.95. The highest BCUT2D eigenvalue weighted by Crippen LogP contribution is 2.44. The van der Waals surface area contributed by atoms with Gasteiger partial charge in [-0.25, -0.2) is 9.67 Å². The second kappa shape index (κ2) is 6.90. The first-order valence-corrected chi connectivity index (χ1v) is 9.62. The summed E-state index contributed by atoms with van der Waals surface area (Å²) >= 11 is 0. The average Bonchev–Trinajstić information content (AvgIpc) is 3.29. The van der Waals surface area contributed by atoms with Crippen LogP contribution in [0.25, 0.3) is 33.4 Å². The van der Waals surface area contributed by atoms with E-state index in [0.29, 0.717) is 30.3 Å². The molecular formula is C22H20N6O2. The van der Waals surface area contributed by atoms with Gasteiger partial charge in [-0.05, 0) is 37.3 Å². The van der Waals surface area contributed by atoms with Crippen LogP contribution in [0.2, 0.25) is 0 Å². The number of hydrogen-bond acceptors (Lipinski definition) is 6. The predicted molar refractivity (Wildman–Crippen MR) is 112 cm³/mol. The largest absolute Gasteiger partial charge is 0.497 e. The SMILES string of the molecule is COc1ccc(C#N)c(-c2c(-c3c(C)nn4c3OCC(N)C4)[nH]c3ncccc23)c1. The Balaban J connectivity index is 1.85. The molecule has 0 bridgehead atoms. The van der Waals surface area contributed by atoms with Gasteiger partial charge in [-0.2, -0.15) is 10.4 Å². The molecule has 4 heterocycles. The Hall–Kier alpha value is -3.83. The lowest BCUT2D eigenvalue weighted by molar-refractivity contribution is 0.206. The molecule has 1 atom stereocenters. The van der Waals surface area contributed by atoms with Crippen LogP contribution in [0.4, 0.5) is 0 Å². The normalized spacial score (nSPS) is 15.5. The fraction of sp³-hybridized carbons (Fsp3) is 0.227. The highest BCUT2D eigenvalue weighted by molar-refractivity contribution is 6.04. The smallest absolute Gasteiger partial charge is 0.221 e. The van der Waals surface area contributed by atoms with E-state index in [-0.39, 0.29) is 6.04 Å². The number of pyridine rings is 1. The van der Waals surface area contributed by atoms with Gasteiger partial charge in [0, 0.05) is 22.7 Å². The molecule has 0 fully saturated rings. The van der Waals surface area contributed by atoms with Crippen molar-refractivity contribution >= 4 is 11.0 Å². The molecule has 8 heteroatoms. The number of methoxy groups -OCH3 is 1. The van der Waals surface area contributed by atoms with E-state index in [1.807, 2.05) is 25.1 Å². The molecule has 1 aliphatic heterocycles. The second-order valence-electron chi connectivity index (χ2n) is 7.32. The van der Waals surface area contributed by atoms with Crippen LogP contribution in [0, 0.1) is 18.3 Å². The molecule has 0 aliphatic carbocycles. The van der Waals surface area contributed by atoms with E-state index in [4.69, 9.17) is 15.2 Å². The summed E-state index contributed by atoms with van der Waals surface area (Å²) in [5.74, 6) is 1.34. The van der Waals surface area contributed by atoms with Crippen LogP contribution < -0.4 is 15.2 Å². The molecule has 150 valence electrons. The maximum Gasteiger partial charge on any atom is 0.221 e. The Labute approximate surface area is 172 Å². The van der Waals surface area contributed by atoms with E-state index in [2.05, 4.69) is 21.1 Å². The molecule has 0 saturated carbocycles. The Bertz CT molecular complexity index is 1310. The Morgan fingerprint density at radius 2 is 2.20 bits per heavy atom. The van der Waals surface area contributed by atoms with Crippen molar-refractivity contribution in [3.05, 3.63) is 47.8 Å². The molecule has 30 heavy (non-hydrogen) atoms. The lowest BCUT2D eigenvalue weighted by atomic mass is 9.95. The van der Waals surface area contributed by atoms with Gasteiger partial charge < -0.3 is 20.2 Å². The number of aromatic nitrogens is 4. The van der Waals surface area contributed by atoms with Gasteiger partial charge in [0.1, 0.15) is 18.0 Å². The zero-order valence-corrected chi connectivity index (χ0v) is 16.6. The standard InChI is InChI=1S/C22H20N6O2/c1-12-18(22-28(27-12)10-14(24)11-30-22)20-19(16-4-3-7-25-21(16)26-20)17-8-15(29-2)6-5-13(17)9-23/h3-8,14H,10-11,24H2,1-2H3,(H,25,26). The van der Waals surface area contributed by atoms with Crippen molar-refractivity contribution < 1.29 is 9.47 Å². The number of nitriles is 1. The molecule has 3 aromatic heterocycles. The lowest BCUT2D eigenvalue weighted by Gasteiger charge is -2.21. The first-order chi connectivity index (χ1) is 14.6. The van der Waals surface area contributed by atoms with Crippen LogP contribution >= 0.6 is 0 Å². The van der Waals surface area contributed by atoms with Crippen molar-refractivity contribution in [2.45, 2.75) is 19.5 Å². The van der Waals surface area contributed by atoms with Crippen molar-refractivity contribution in [1.29, 1.82) is 5.26 Å². The van der Waals surface area contributed by atoms with Gasteiger partial charge >= 0.3 is 0 Å². The van der Waals surface area contributed by atoms with Crippen molar-refractivity contribution in [3.8, 4) is 40.1 Å². The van der Waals surface area contributed by atoms with Gasteiger partial charge in [0.2, 0.25) is 5.88 Å². The fourth-order valence-corrected chi connectivity index (χ4v) is 4.02. The summed E-state index contributed by atoms with van der Waals surface area (Å²) < 4.78 is 13.2. The third-order valence-corrected chi connectivity index (χ3v) is 5.36. The third-order valence-electron chi connectivity index (χ3n) is 5.36. The Morgan fingerprint density at radius 1 is 1.33 bits per heavy atom. The Morgan fingerprint density at radius 3 is 3.00 bits per heavy atom. The average molecular weight is 400 g/mol. The fourth-order valence-electron chi connectivity index (χ4n) is 4.02. The first-order valence-electron chi connectivity index (χ1n) is 9.62. The van der Waals surface area contributed by atoms with Crippen molar-refractivity contribution in [2.24, 2.45) is 5.73 Å². The minimum atomic E-state index is -0.0999. The van der Waals surface area contributed by atoms with E-state index >= 15 is 0 Å². The van der Waals surface area contributed by atoms with Crippen LogP contribution in [0.5, 0.6) is 11.6 Å². The zero-order chi connectivity index (χ0) is 20.8. The van der Waals surface area contributed by atoms with Gasteiger partial charge in [0.05, 0.1) is 48.3 Å². The highest BCUT2D eigenvalue weighted by Gasteiger charge is 2.29. The minimum absolute atomic E-state index is 0.0999. The molecule has 0 saturated heterocycles. The van der Waals surface area contributed by atoms with E-state index in [1.54, 1.807) is 30.1 Å². The van der Waals surface area contributed by atoms with Gasteiger partial charge in [0.25, 0.3) is 0 Å². The number of nitrogens with zero attached hydrogens (tertiary/aromatic N) is 4. The summed E-state index contributed by atoms with van der Waals surface area (Å²) in [5.41, 5.74) is 11.4. The van der Waals surface area contributed by atoms with Crippen LogP contribution in [0.1, 0.15) is 11.3 Å². The van der Waals surface area contributed by atoms with Crippen molar-refractivity contribution in [2.75, 3.05) is 13.7 Å². The predicted octanol–water partition coefficient (Wildman–Crippen LogP) is 3.00. The first kappa shape index (κ1) is 18.2. The van der Waals surface area contributed by atoms with Crippen LogP contribution in [-0.4, -0.2) is 39.5 Å². The van der Waals surface area contributed by atoms with Gasteiger partial charge in [0.15, 0.2) is 0 Å². The van der Waals surface area contributed by atoms with Crippen LogP contribution in [-0.2, 0) is 6.54 Å². The number of H-pyrrole nitrogens is 1. The number of ether oxygens (including phenoxy) is 2. The number of aryl methyl sites for hydroxylation is 1. The topological polar surface area (TPSA) is 115 Å². The number of fused-ring (bicyclic) bond motifs is 2. The molecule has 5 rings (SSSR count). The third kappa shape index (κ3) is 2.71. The van der Waals surface area contributed by atoms with E-state index in [9.17, 15) is 5.26 Å². The van der Waals surface area contributed by atoms with E-state index < -0.39 is 0 Å². The van der Waals surface area contributed by atoms with Crippen LogP contribution in [0.15, 0.2) is 36.5 Å². The molecule has 1 aliphatic rings. The zero-order valence-electron chi connectivity index (χ0n) is 16.6. The van der Waals surface area contributed by atoms with Gasteiger partial charge in [-0.3, -0.25) is 0 Å². The number of rotatable bonds is 3. The number of hydrogen-bond donors (Lipinski definition) is 2. The number of benzene rings is 1. The number of aromatic amines is 1. The second-order valence-corrected chi connectivity index (χ2v) is 7.32. The molecule has 8 nitrogen and oxygen atoms in total. The molecule has 0 spiro atoms. The van der Waals surface area contributed by atoms with E-state index in [0.717, 1.165) is 39.1 Å². The summed E-state index contributed by atoms with van der Waals surface area (Å²) in [4.78, 5) is 7.92. The minimum Gasteiger partial charge on any atom is -0.497 e. The maximum absolute atomic E-state index is 9.78. The quantitative estimate of drug-likeness (QED) is 0.546. The summed E-state index contributed by atoms with van der Waals surface area (Å²) in [7, 11) is 1.61. The lowest BCUT2D eigenvalue weighted by Crippen LogP contribution is -2.37. The summed E-state index contributed by atoms with van der Waals surface area (Å²) in [6, 6.07) is 11.5. The molecule has 3 N–H and O–H groups in total. The number of nitrogens with one attached hydrogen (secondary N) is 1. The molecule has 1 unspecified atom stereocenters. The highest BCUT2D eigenvalue weighted by atomic mass is 16.5. The molecule has 0 radical (unpaired) electrons. The van der Waals surface area contributed by atoms with Crippen molar-refractivity contribution in [1.82, 2.24) is 19.7 Å². The van der Waals surface area contributed by atoms with Gasteiger partial charge in [-0.1, -0.05) is 0 Å². The Kier molecular flexibility index (Phi) is 4.19.